The first kappa shape index (κ1) is 16.6. The van der Waals surface area contributed by atoms with Crippen molar-refractivity contribution in [1.82, 2.24) is 0 Å². The molecular formula is C26H21NO. The fourth-order valence-corrected chi connectivity index (χ4v) is 4.21. The van der Waals surface area contributed by atoms with E-state index in [-0.39, 0.29) is 0 Å². The predicted octanol–water partition coefficient (Wildman–Crippen LogP) is 6.21. The van der Waals surface area contributed by atoms with Crippen LogP contribution in [0.5, 0.6) is 5.75 Å². The van der Waals surface area contributed by atoms with E-state index < -0.39 is 0 Å². The monoisotopic (exact) mass is 363 g/mol. The summed E-state index contributed by atoms with van der Waals surface area (Å²) in [5.74, 6) is 0.867. The summed E-state index contributed by atoms with van der Waals surface area (Å²) in [5, 5.41) is 2.58. The molecule has 4 aromatic carbocycles. The van der Waals surface area contributed by atoms with Gasteiger partial charge in [-0.25, -0.2) is 0 Å². The molecule has 0 spiro atoms. The van der Waals surface area contributed by atoms with Crippen LogP contribution in [0.2, 0.25) is 0 Å². The Morgan fingerprint density at radius 2 is 1.39 bits per heavy atom. The van der Waals surface area contributed by atoms with E-state index in [0.717, 1.165) is 5.75 Å². The first-order valence-electron chi connectivity index (χ1n) is 9.48. The molecule has 0 saturated heterocycles. The number of benzene rings is 4. The van der Waals surface area contributed by atoms with Crippen molar-refractivity contribution in [2.75, 3.05) is 19.1 Å². The Hall–Kier alpha value is -3.52. The largest absolute Gasteiger partial charge is 0.497 e. The normalized spacial score (nSPS) is 13.1. The standard InChI is InChI=1S/C26H21NO/c1-27-23-13-7-11-18-10-6-12-22(24(18)23)25(19-8-4-3-5-9-19)26(27)20-14-16-21(28-2)17-15-20/h3-17H,1-2H3. The van der Waals surface area contributed by atoms with E-state index in [4.69, 9.17) is 4.74 Å². The molecule has 2 heteroatoms. The van der Waals surface area contributed by atoms with Gasteiger partial charge in [0.2, 0.25) is 0 Å². The third-order valence-corrected chi connectivity index (χ3v) is 5.51. The van der Waals surface area contributed by atoms with E-state index in [1.54, 1.807) is 7.11 Å². The smallest absolute Gasteiger partial charge is 0.118 e. The summed E-state index contributed by atoms with van der Waals surface area (Å²) in [5.41, 5.74) is 7.38. The fraction of sp³-hybridized carbons (Fsp3) is 0.0769. The van der Waals surface area contributed by atoms with E-state index >= 15 is 0 Å². The van der Waals surface area contributed by atoms with Crippen LogP contribution in [0.15, 0.2) is 91.0 Å². The number of hydrogen-bond donors (Lipinski definition) is 0. The first-order chi connectivity index (χ1) is 13.8. The summed E-state index contributed by atoms with van der Waals surface area (Å²) < 4.78 is 5.37. The third-order valence-electron chi connectivity index (χ3n) is 5.51. The molecule has 0 aromatic heterocycles. The van der Waals surface area contributed by atoms with Gasteiger partial charge in [0.1, 0.15) is 5.75 Å². The van der Waals surface area contributed by atoms with Gasteiger partial charge in [-0.2, -0.15) is 0 Å². The quantitative estimate of drug-likeness (QED) is 0.429. The number of rotatable bonds is 3. The Morgan fingerprint density at radius 1 is 0.679 bits per heavy atom. The topological polar surface area (TPSA) is 12.5 Å². The Kier molecular flexibility index (Phi) is 3.91. The van der Waals surface area contributed by atoms with Crippen molar-refractivity contribution in [3.05, 3.63) is 108 Å². The molecule has 0 fully saturated rings. The summed E-state index contributed by atoms with van der Waals surface area (Å²) >= 11 is 0. The molecule has 28 heavy (non-hydrogen) atoms. The molecule has 5 rings (SSSR count). The minimum Gasteiger partial charge on any atom is -0.497 e. The minimum absolute atomic E-state index is 0.867. The summed E-state index contributed by atoms with van der Waals surface area (Å²) in [6.07, 6.45) is 0. The van der Waals surface area contributed by atoms with Crippen LogP contribution in [-0.4, -0.2) is 14.2 Å². The van der Waals surface area contributed by atoms with Crippen LogP contribution in [0.1, 0.15) is 16.7 Å². The molecule has 2 nitrogen and oxygen atoms in total. The molecular weight excluding hydrogens is 342 g/mol. The van der Waals surface area contributed by atoms with E-state index in [2.05, 4.69) is 90.8 Å². The van der Waals surface area contributed by atoms with Gasteiger partial charge in [-0.05, 0) is 52.4 Å². The van der Waals surface area contributed by atoms with Crippen LogP contribution in [0.4, 0.5) is 5.69 Å². The van der Waals surface area contributed by atoms with Crippen LogP contribution in [0.3, 0.4) is 0 Å². The highest BCUT2D eigenvalue weighted by Gasteiger charge is 2.26. The van der Waals surface area contributed by atoms with Crippen LogP contribution < -0.4 is 9.64 Å². The van der Waals surface area contributed by atoms with E-state index in [1.807, 2.05) is 12.1 Å². The van der Waals surface area contributed by atoms with Gasteiger partial charge in [0.05, 0.1) is 12.8 Å². The Balaban J connectivity index is 1.87. The maximum absolute atomic E-state index is 5.37. The number of nitrogens with zero attached hydrogens (tertiary/aromatic N) is 1. The summed E-state index contributed by atoms with van der Waals surface area (Å²) in [7, 11) is 3.86. The average molecular weight is 363 g/mol. The van der Waals surface area contributed by atoms with E-state index in [1.165, 1.54) is 44.4 Å². The fourth-order valence-electron chi connectivity index (χ4n) is 4.21. The summed E-state index contributed by atoms with van der Waals surface area (Å²) in [4.78, 5) is 2.32. The lowest BCUT2D eigenvalue weighted by Gasteiger charge is -2.33. The van der Waals surface area contributed by atoms with Crippen molar-refractivity contribution >= 4 is 27.7 Å². The van der Waals surface area contributed by atoms with Crippen molar-refractivity contribution in [3.8, 4) is 5.75 Å². The van der Waals surface area contributed by atoms with E-state index in [0.29, 0.717) is 0 Å². The first-order valence-corrected chi connectivity index (χ1v) is 9.48. The molecule has 1 heterocycles. The number of hydrogen-bond acceptors (Lipinski definition) is 2. The molecule has 0 saturated carbocycles. The molecule has 0 unspecified atom stereocenters. The number of anilines is 1. The van der Waals surface area contributed by atoms with Crippen molar-refractivity contribution in [3.63, 3.8) is 0 Å². The highest BCUT2D eigenvalue weighted by Crippen LogP contribution is 2.46. The van der Waals surface area contributed by atoms with Gasteiger partial charge in [0.25, 0.3) is 0 Å². The SMILES string of the molecule is COc1ccc(C2=C(c3ccccc3)c3cccc4cccc(c34)N2C)cc1. The van der Waals surface area contributed by atoms with Crippen LogP contribution in [0.25, 0.3) is 22.0 Å². The molecule has 4 aromatic rings. The molecule has 0 amide bonds. The predicted molar refractivity (Wildman–Crippen MR) is 118 cm³/mol. The minimum atomic E-state index is 0.867. The van der Waals surface area contributed by atoms with Gasteiger partial charge in [0, 0.05) is 23.7 Å². The van der Waals surface area contributed by atoms with Crippen molar-refractivity contribution in [2.24, 2.45) is 0 Å². The van der Waals surface area contributed by atoms with Gasteiger partial charge in [0.15, 0.2) is 0 Å². The highest BCUT2D eigenvalue weighted by atomic mass is 16.5. The number of methoxy groups -OCH3 is 1. The Morgan fingerprint density at radius 3 is 2.11 bits per heavy atom. The lowest BCUT2D eigenvalue weighted by molar-refractivity contribution is 0.415. The lowest BCUT2D eigenvalue weighted by Crippen LogP contribution is -2.21. The third kappa shape index (κ3) is 2.49. The molecule has 1 aliphatic rings. The zero-order valence-corrected chi connectivity index (χ0v) is 16.0. The second kappa shape index (κ2) is 6.58. The molecule has 0 radical (unpaired) electrons. The molecule has 0 bridgehead atoms. The van der Waals surface area contributed by atoms with E-state index in [9.17, 15) is 0 Å². The molecule has 0 N–H and O–H groups in total. The van der Waals surface area contributed by atoms with Gasteiger partial charge < -0.3 is 9.64 Å². The van der Waals surface area contributed by atoms with Crippen molar-refractivity contribution < 1.29 is 4.74 Å². The van der Waals surface area contributed by atoms with Gasteiger partial charge in [-0.3, -0.25) is 0 Å². The van der Waals surface area contributed by atoms with Crippen molar-refractivity contribution in [2.45, 2.75) is 0 Å². The number of ether oxygens (including phenoxy) is 1. The van der Waals surface area contributed by atoms with Gasteiger partial charge >= 0.3 is 0 Å². The highest BCUT2D eigenvalue weighted by molar-refractivity contribution is 6.17. The molecule has 0 atom stereocenters. The second-order valence-electron chi connectivity index (χ2n) is 7.06. The lowest BCUT2D eigenvalue weighted by atomic mass is 9.85. The van der Waals surface area contributed by atoms with Crippen molar-refractivity contribution in [1.29, 1.82) is 0 Å². The van der Waals surface area contributed by atoms with Gasteiger partial charge in [-0.15, -0.1) is 0 Å². The average Bonchev–Trinajstić information content (AvgIpc) is 2.76. The van der Waals surface area contributed by atoms with Gasteiger partial charge in [-0.1, -0.05) is 60.7 Å². The summed E-state index contributed by atoms with van der Waals surface area (Å²) in [6.45, 7) is 0. The molecule has 0 aliphatic carbocycles. The van der Waals surface area contributed by atoms with Crippen LogP contribution in [0, 0.1) is 0 Å². The Labute approximate surface area is 165 Å². The molecule has 1 aliphatic heterocycles. The Bertz CT molecular complexity index is 1190. The maximum Gasteiger partial charge on any atom is 0.118 e. The van der Waals surface area contributed by atoms with Crippen LogP contribution >= 0.6 is 0 Å². The van der Waals surface area contributed by atoms with Crippen LogP contribution in [-0.2, 0) is 0 Å². The maximum atomic E-state index is 5.37. The zero-order chi connectivity index (χ0) is 19.1. The second-order valence-corrected chi connectivity index (χ2v) is 7.06. The summed E-state index contributed by atoms with van der Waals surface area (Å²) in [6, 6.07) is 32.1. The molecule has 136 valence electrons. The zero-order valence-electron chi connectivity index (χ0n) is 16.0.